The monoisotopic (exact) mass is 236 g/mol. The summed E-state index contributed by atoms with van der Waals surface area (Å²) >= 11 is 0. The lowest BCUT2D eigenvalue weighted by Crippen LogP contribution is -2.14. The Bertz CT molecular complexity index is 264. The number of aromatic nitrogens is 1. The topological polar surface area (TPSA) is 34.1 Å². The first-order chi connectivity index (χ1) is 8.43. The zero-order valence-corrected chi connectivity index (χ0v) is 10.8. The number of hydrogen-bond acceptors (Lipinski definition) is 3. The minimum absolute atomic E-state index is 0.865. The van der Waals surface area contributed by atoms with Gasteiger partial charge in [-0.25, -0.2) is 0 Å². The first-order valence-electron chi connectivity index (χ1n) is 6.61. The van der Waals surface area contributed by atoms with E-state index in [4.69, 9.17) is 4.74 Å². The van der Waals surface area contributed by atoms with Crippen LogP contribution in [0.25, 0.3) is 0 Å². The first-order valence-corrected chi connectivity index (χ1v) is 6.61. The van der Waals surface area contributed by atoms with Crippen molar-refractivity contribution >= 4 is 0 Å². The molecule has 0 aliphatic heterocycles. The van der Waals surface area contributed by atoms with Gasteiger partial charge < -0.3 is 10.1 Å². The van der Waals surface area contributed by atoms with Crippen molar-refractivity contribution in [2.75, 3.05) is 26.3 Å². The zero-order chi connectivity index (χ0) is 12.2. The summed E-state index contributed by atoms with van der Waals surface area (Å²) in [7, 11) is 0. The van der Waals surface area contributed by atoms with Gasteiger partial charge in [0.2, 0.25) is 0 Å². The standard InChI is InChI=1S/C14H24N2O/c1-2-15-9-3-4-12-17-13-5-6-14-7-10-16-11-8-14/h7-8,10-11,15H,2-6,9,12-13H2,1H3. The lowest BCUT2D eigenvalue weighted by atomic mass is 10.1. The summed E-state index contributed by atoms with van der Waals surface area (Å²) in [6.45, 7) is 6.06. The summed E-state index contributed by atoms with van der Waals surface area (Å²) in [4.78, 5) is 4.00. The molecular weight excluding hydrogens is 212 g/mol. The van der Waals surface area contributed by atoms with Crippen LogP contribution in [-0.2, 0) is 11.2 Å². The molecule has 1 aromatic rings. The van der Waals surface area contributed by atoms with Crippen molar-refractivity contribution in [3.05, 3.63) is 30.1 Å². The summed E-state index contributed by atoms with van der Waals surface area (Å²) in [5, 5.41) is 3.31. The third-order valence-electron chi connectivity index (χ3n) is 2.65. The number of ether oxygens (including phenoxy) is 1. The molecule has 3 nitrogen and oxygen atoms in total. The van der Waals surface area contributed by atoms with Gasteiger partial charge in [-0.15, -0.1) is 0 Å². The summed E-state index contributed by atoms with van der Waals surface area (Å²) in [6.07, 6.45) is 8.23. The van der Waals surface area contributed by atoms with Gasteiger partial charge >= 0.3 is 0 Å². The zero-order valence-electron chi connectivity index (χ0n) is 10.8. The van der Waals surface area contributed by atoms with Gasteiger partial charge in [0.15, 0.2) is 0 Å². The van der Waals surface area contributed by atoms with Crippen LogP contribution < -0.4 is 5.32 Å². The molecule has 96 valence electrons. The fourth-order valence-electron chi connectivity index (χ4n) is 1.66. The summed E-state index contributed by atoms with van der Waals surface area (Å²) in [6, 6.07) is 4.13. The van der Waals surface area contributed by atoms with Crippen LogP contribution in [0.3, 0.4) is 0 Å². The van der Waals surface area contributed by atoms with Crippen LogP contribution >= 0.6 is 0 Å². The van der Waals surface area contributed by atoms with Crippen molar-refractivity contribution in [3.8, 4) is 0 Å². The van der Waals surface area contributed by atoms with Crippen LogP contribution in [0.15, 0.2) is 24.5 Å². The Morgan fingerprint density at radius 2 is 1.88 bits per heavy atom. The van der Waals surface area contributed by atoms with Crippen molar-refractivity contribution < 1.29 is 4.74 Å². The Morgan fingerprint density at radius 3 is 2.65 bits per heavy atom. The molecule has 0 spiro atoms. The summed E-state index contributed by atoms with van der Waals surface area (Å²) < 4.78 is 5.59. The number of unbranched alkanes of at least 4 members (excludes halogenated alkanes) is 1. The van der Waals surface area contributed by atoms with E-state index in [2.05, 4.69) is 29.4 Å². The minimum Gasteiger partial charge on any atom is -0.381 e. The minimum atomic E-state index is 0.865. The molecule has 0 radical (unpaired) electrons. The highest BCUT2D eigenvalue weighted by Gasteiger charge is 1.93. The van der Waals surface area contributed by atoms with E-state index in [1.807, 2.05) is 12.4 Å². The van der Waals surface area contributed by atoms with Gasteiger partial charge in [0, 0.05) is 25.6 Å². The molecular formula is C14H24N2O. The van der Waals surface area contributed by atoms with Gasteiger partial charge in [0.25, 0.3) is 0 Å². The average Bonchev–Trinajstić information content (AvgIpc) is 2.38. The fourth-order valence-corrected chi connectivity index (χ4v) is 1.66. The molecule has 1 rings (SSSR count). The largest absolute Gasteiger partial charge is 0.381 e. The predicted molar refractivity (Wildman–Crippen MR) is 71.2 cm³/mol. The van der Waals surface area contributed by atoms with Crippen molar-refractivity contribution in [2.24, 2.45) is 0 Å². The Balaban J connectivity index is 1.85. The van der Waals surface area contributed by atoms with Crippen molar-refractivity contribution in [2.45, 2.75) is 32.6 Å². The summed E-state index contributed by atoms with van der Waals surface area (Å²) in [5.41, 5.74) is 1.34. The van der Waals surface area contributed by atoms with E-state index in [9.17, 15) is 0 Å². The normalized spacial score (nSPS) is 10.6. The number of aryl methyl sites for hydroxylation is 1. The lowest BCUT2D eigenvalue weighted by Gasteiger charge is -2.04. The van der Waals surface area contributed by atoms with Crippen LogP contribution in [0.2, 0.25) is 0 Å². The maximum atomic E-state index is 5.59. The second-order valence-corrected chi connectivity index (χ2v) is 4.13. The van der Waals surface area contributed by atoms with E-state index in [1.165, 1.54) is 12.0 Å². The smallest absolute Gasteiger partial charge is 0.0469 e. The fraction of sp³-hybridized carbons (Fsp3) is 0.643. The molecule has 0 atom stereocenters. The molecule has 0 aromatic carbocycles. The SMILES string of the molecule is CCNCCCCOCCCc1ccncc1. The molecule has 0 amide bonds. The number of hydrogen-bond donors (Lipinski definition) is 1. The lowest BCUT2D eigenvalue weighted by molar-refractivity contribution is 0.128. The average molecular weight is 236 g/mol. The van der Waals surface area contributed by atoms with Gasteiger partial charge in [0.1, 0.15) is 0 Å². The number of nitrogens with one attached hydrogen (secondary N) is 1. The molecule has 0 aliphatic carbocycles. The molecule has 0 saturated heterocycles. The van der Waals surface area contributed by atoms with Crippen LogP contribution in [0, 0.1) is 0 Å². The molecule has 1 aromatic heterocycles. The Hall–Kier alpha value is -0.930. The molecule has 17 heavy (non-hydrogen) atoms. The number of pyridine rings is 1. The Labute approximate surface area is 105 Å². The molecule has 0 bridgehead atoms. The second-order valence-electron chi connectivity index (χ2n) is 4.13. The third-order valence-corrected chi connectivity index (χ3v) is 2.65. The molecule has 3 heteroatoms. The van der Waals surface area contributed by atoms with Crippen molar-refractivity contribution in [1.82, 2.24) is 10.3 Å². The molecule has 1 N–H and O–H groups in total. The van der Waals surface area contributed by atoms with E-state index in [0.29, 0.717) is 0 Å². The first kappa shape index (κ1) is 14.1. The highest BCUT2D eigenvalue weighted by Crippen LogP contribution is 2.01. The van der Waals surface area contributed by atoms with Crippen molar-refractivity contribution in [1.29, 1.82) is 0 Å². The van der Waals surface area contributed by atoms with Gasteiger partial charge in [-0.1, -0.05) is 6.92 Å². The Morgan fingerprint density at radius 1 is 1.12 bits per heavy atom. The van der Waals surface area contributed by atoms with Crippen LogP contribution in [0.5, 0.6) is 0 Å². The maximum absolute atomic E-state index is 5.59. The quantitative estimate of drug-likeness (QED) is 0.634. The van der Waals surface area contributed by atoms with Crippen LogP contribution in [0.4, 0.5) is 0 Å². The number of nitrogens with zero attached hydrogens (tertiary/aromatic N) is 1. The highest BCUT2D eigenvalue weighted by atomic mass is 16.5. The van der Waals surface area contributed by atoms with Gasteiger partial charge in [-0.3, -0.25) is 4.98 Å². The summed E-state index contributed by atoms with van der Waals surface area (Å²) in [5.74, 6) is 0. The van der Waals surface area contributed by atoms with E-state index in [0.717, 1.165) is 45.6 Å². The van der Waals surface area contributed by atoms with Gasteiger partial charge in [0.05, 0.1) is 0 Å². The van der Waals surface area contributed by atoms with Crippen molar-refractivity contribution in [3.63, 3.8) is 0 Å². The Kier molecular flexibility index (Phi) is 8.51. The van der Waals surface area contributed by atoms with Crippen LogP contribution in [-0.4, -0.2) is 31.3 Å². The van der Waals surface area contributed by atoms with E-state index < -0.39 is 0 Å². The third kappa shape index (κ3) is 7.88. The molecule has 0 fully saturated rings. The van der Waals surface area contributed by atoms with E-state index in [1.54, 1.807) is 0 Å². The van der Waals surface area contributed by atoms with E-state index >= 15 is 0 Å². The van der Waals surface area contributed by atoms with E-state index in [-0.39, 0.29) is 0 Å². The van der Waals surface area contributed by atoms with Gasteiger partial charge in [-0.05, 0) is 56.5 Å². The van der Waals surface area contributed by atoms with Crippen LogP contribution in [0.1, 0.15) is 31.7 Å². The maximum Gasteiger partial charge on any atom is 0.0469 e. The highest BCUT2D eigenvalue weighted by molar-refractivity contribution is 5.09. The predicted octanol–water partition coefficient (Wildman–Crippen LogP) is 2.42. The van der Waals surface area contributed by atoms with Gasteiger partial charge in [-0.2, -0.15) is 0 Å². The molecule has 0 saturated carbocycles. The second kappa shape index (κ2) is 10.2. The number of rotatable bonds is 10. The molecule has 0 unspecified atom stereocenters. The molecule has 0 aliphatic rings. The molecule has 1 heterocycles.